The Morgan fingerprint density at radius 2 is 1.65 bits per heavy atom. The second kappa shape index (κ2) is 6.37. The summed E-state index contributed by atoms with van der Waals surface area (Å²) in [6, 6.07) is 7.62. The molecular weight excluding hydrogens is 316 g/mol. The zero-order chi connectivity index (χ0) is 14.8. The zero-order valence-electron chi connectivity index (χ0n) is 12.5. The molecule has 0 spiro atoms. The molecule has 0 unspecified atom stereocenters. The topological polar surface area (TPSA) is 23.6 Å². The van der Waals surface area contributed by atoms with E-state index in [4.69, 9.17) is 0 Å². The van der Waals surface area contributed by atoms with Gasteiger partial charge < -0.3 is 0 Å². The first-order valence-corrected chi connectivity index (χ1v) is 7.92. The third-order valence-corrected chi connectivity index (χ3v) is 4.38. The second-order valence-electron chi connectivity index (χ2n) is 6.36. The number of carbonyl (C=O) groups is 1. The summed E-state index contributed by atoms with van der Waals surface area (Å²) in [5.41, 5.74) is 1.02. The van der Waals surface area contributed by atoms with Gasteiger partial charge in [0.15, 0.2) is 5.78 Å². The summed E-state index contributed by atoms with van der Waals surface area (Å²) in [7, 11) is 0. The summed E-state index contributed by atoms with van der Waals surface area (Å²) in [5.74, 6) is 0.210. The lowest BCUT2D eigenvalue weighted by molar-refractivity contribution is 0.0579. The van der Waals surface area contributed by atoms with Gasteiger partial charge in [0.1, 0.15) is 0 Å². The van der Waals surface area contributed by atoms with E-state index in [9.17, 15) is 4.79 Å². The van der Waals surface area contributed by atoms with Crippen molar-refractivity contribution in [2.45, 2.75) is 26.3 Å². The molecular formula is C16H23BrN2O. The highest BCUT2D eigenvalue weighted by Crippen LogP contribution is 2.16. The first-order valence-electron chi connectivity index (χ1n) is 7.12. The van der Waals surface area contributed by atoms with Gasteiger partial charge in [-0.05, 0) is 32.9 Å². The Bertz CT molecular complexity index is 456. The SMILES string of the molecule is CC(C)(C)N1CCN(CC(=O)c2ccc(Br)cc2)CC1. The van der Waals surface area contributed by atoms with Gasteiger partial charge in [-0.15, -0.1) is 0 Å². The van der Waals surface area contributed by atoms with Crippen molar-refractivity contribution < 1.29 is 4.79 Å². The standard InChI is InChI=1S/C16H23BrN2O/c1-16(2,3)19-10-8-18(9-11-19)12-15(20)13-4-6-14(17)7-5-13/h4-7H,8-12H2,1-3H3. The van der Waals surface area contributed by atoms with Crippen LogP contribution in [0.15, 0.2) is 28.7 Å². The zero-order valence-corrected chi connectivity index (χ0v) is 14.1. The van der Waals surface area contributed by atoms with Crippen LogP contribution in [0.3, 0.4) is 0 Å². The number of rotatable bonds is 3. The molecule has 1 aliphatic rings. The molecule has 0 amide bonds. The van der Waals surface area contributed by atoms with Crippen LogP contribution in [0, 0.1) is 0 Å². The number of benzene rings is 1. The monoisotopic (exact) mass is 338 g/mol. The number of hydrogen-bond acceptors (Lipinski definition) is 3. The molecule has 20 heavy (non-hydrogen) atoms. The molecule has 0 radical (unpaired) electrons. The first kappa shape index (κ1) is 15.7. The fourth-order valence-corrected chi connectivity index (χ4v) is 2.77. The molecule has 0 aromatic heterocycles. The van der Waals surface area contributed by atoms with Crippen LogP contribution in [0.5, 0.6) is 0 Å². The van der Waals surface area contributed by atoms with Crippen LogP contribution in [0.4, 0.5) is 0 Å². The molecule has 0 N–H and O–H groups in total. The highest BCUT2D eigenvalue weighted by Gasteiger charge is 2.26. The molecule has 1 heterocycles. The fraction of sp³-hybridized carbons (Fsp3) is 0.562. The summed E-state index contributed by atoms with van der Waals surface area (Å²) in [4.78, 5) is 17.0. The first-order chi connectivity index (χ1) is 9.36. The Kier molecular flexibility index (Phi) is 4.99. The van der Waals surface area contributed by atoms with E-state index in [2.05, 4.69) is 46.5 Å². The van der Waals surface area contributed by atoms with Crippen LogP contribution < -0.4 is 0 Å². The second-order valence-corrected chi connectivity index (χ2v) is 7.28. The molecule has 0 aliphatic carbocycles. The maximum absolute atomic E-state index is 12.2. The average Bonchev–Trinajstić information content (AvgIpc) is 2.39. The number of Topliss-reactive ketones (excluding diaryl/α,β-unsaturated/α-hetero) is 1. The Morgan fingerprint density at radius 1 is 1.10 bits per heavy atom. The van der Waals surface area contributed by atoms with Gasteiger partial charge in [0, 0.05) is 41.8 Å². The van der Waals surface area contributed by atoms with Crippen LogP contribution in [0.1, 0.15) is 31.1 Å². The van der Waals surface area contributed by atoms with Gasteiger partial charge in [-0.1, -0.05) is 28.1 Å². The van der Waals surface area contributed by atoms with E-state index in [0.29, 0.717) is 6.54 Å². The molecule has 1 aliphatic heterocycles. The van der Waals surface area contributed by atoms with Gasteiger partial charge in [0.25, 0.3) is 0 Å². The maximum atomic E-state index is 12.2. The van der Waals surface area contributed by atoms with E-state index in [-0.39, 0.29) is 11.3 Å². The van der Waals surface area contributed by atoms with Gasteiger partial charge in [0.2, 0.25) is 0 Å². The Morgan fingerprint density at radius 3 is 2.15 bits per heavy atom. The number of halogens is 1. The van der Waals surface area contributed by atoms with E-state index in [1.165, 1.54) is 0 Å². The molecule has 2 rings (SSSR count). The molecule has 1 saturated heterocycles. The largest absolute Gasteiger partial charge is 0.296 e. The molecule has 1 aromatic carbocycles. The van der Waals surface area contributed by atoms with Crippen LogP contribution in [0.2, 0.25) is 0 Å². The molecule has 1 fully saturated rings. The number of ketones is 1. The van der Waals surface area contributed by atoms with Gasteiger partial charge in [-0.3, -0.25) is 14.6 Å². The molecule has 0 saturated carbocycles. The highest BCUT2D eigenvalue weighted by atomic mass is 79.9. The highest BCUT2D eigenvalue weighted by molar-refractivity contribution is 9.10. The van der Waals surface area contributed by atoms with Crippen LogP contribution in [-0.2, 0) is 0 Å². The lowest BCUT2D eigenvalue weighted by atomic mass is 10.0. The summed E-state index contributed by atoms with van der Waals surface area (Å²) in [6.45, 7) is 11.3. The number of hydrogen-bond donors (Lipinski definition) is 0. The van der Waals surface area contributed by atoms with Crippen molar-refractivity contribution in [3.8, 4) is 0 Å². The van der Waals surface area contributed by atoms with E-state index in [1.54, 1.807) is 0 Å². The van der Waals surface area contributed by atoms with Crippen LogP contribution in [-0.4, -0.2) is 53.8 Å². The fourth-order valence-electron chi connectivity index (χ4n) is 2.51. The number of nitrogens with zero attached hydrogens (tertiary/aromatic N) is 2. The summed E-state index contributed by atoms with van der Waals surface area (Å²) >= 11 is 3.39. The lowest BCUT2D eigenvalue weighted by Crippen LogP contribution is -2.54. The third-order valence-electron chi connectivity index (χ3n) is 3.85. The maximum Gasteiger partial charge on any atom is 0.176 e. The van der Waals surface area contributed by atoms with Crippen molar-refractivity contribution in [3.63, 3.8) is 0 Å². The summed E-state index contributed by atoms with van der Waals surface area (Å²) < 4.78 is 1.01. The number of piperazine rings is 1. The predicted octanol–water partition coefficient (Wildman–Crippen LogP) is 3.05. The molecule has 1 aromatic rings. The molecule has 0 bridgehead atoms. The smallest absolute Gasteiger partial charge is 0.176 e. The van der Waals surface area contributed by atoms with Crippen LogP contribution in [0.25, 0.3) is 0 Å². The van der Waals surface area contributed by atoms with Gasteiger partial charge in [0.05, 0.1) is 6.54 Å². The molecule has 0 atom stereocenters. The van der Waals surface area contributed by atoms with Crippen LogP contribution >= 0.6 is 15.9 Å². The number of carbonyl (C=O) groups excluding carboxylic acids is 1. The van der Waals surface area contributed by atoms with Crippen molar-refractivity contribution in [2.75, 3.05) is 32.7 Å². The van der Waals surface area contributed by atoms with E-state index in [0.717, 1.165) is 36.2 Å². The predicted molar refractivity (Wildman–Crippen MR) is 86.2 cm³/mol. The normalized spacial score (nSPS) is 18.2. The van der Waals surface area contributed by atoms with Crippen molar-refractivity contribution in [1.82, 2.24) is 9.80 Å². The lowest BCUT2D eigenvalue weighted by Gasteiger charge is -2.42. The van der Waals surface area contributed by atoms with E-state index in [1.807, 2.05) is 24.3 Å². The van der Waals surface area contributed by atoms with Crippen molar-refractivity contribution in [3.05, 3.63) is 34.3 Å². The van der Waals surface area contributed by atoms with E-state index < -0.39 is 0 Å². The Labute approximate surface area is 130 Å². The molecule has 4 heteroatoms. The van der Waals surface area contributed by atoms with Crippen molar-refractivity contribution >= 4 is 21.7 Å². The Balaban J connectivity index is 1.86. The van der Waals surface area contributed by atoms with Gasteiger partial charge in [-0.25, -0.2) is 0 Å². The minimum atomic E-state index is 0.210. The minimum Gasteiger partial charge on any atom is -0.296 e. The molecule has 110 valence electrons. The van der Waals surface area contributed by atoms with Gasteiger partial charge in [-0.2, -0.15) is 0 Å². The summed E-state index contributed by atoms with van der Waals surface area (Å²) in [6.07, 6.45) is 0. The Hall–Kier alpha value is -0.710. The quantitative estimate of drug-likeness (QED) is 0.791. The van der Waals surface area contributed by atoms with Crippen molar-refractivity contribution in [1.29, 1.82) is 0 Å². The van der Waals surface area contributed by atoms with E-state index >= 15 is 0 Å². The summed E-state index contributed by atoms with van der Waals surface area (Å²) in [5, 5.41) is 0. The third kappa shape index (κ3) is 4.14. The molecule has 3 nitrogen and oxygen atoms in total. The minimum absolute atomic E-state index is 0.210. The average molecular weight is 339 g/mol. The van der Waals surface area contributed by atoms with Crippen molar-refractivity contribution in [2.24, 2.45) is 0 Å². The van der Waals surface area contributed by atoms with Gasteiger partial charge >= 0.3 is 0 Å².